The number of nitrogens with zero attached hydrogens (tertiary/aromatic N) is 1. The lowest BCUT2D eigenvalue weighted by atomic mass is 9.99. The number of amides is 2. The lowest BCUT2D eigenvalue weighted by molar-refractivity contribution is 0.0303. The van der Waals surface area contributed by atoms with Crippen LogP contribution in [0, 0.1) is 0 Å². The number of fused-ring (bicyclic) bond motifs is 1. The van der Waals surface area contributed by atoms with Crippen molar-refractivity contribution < 1.29 is 28.9 Å². The predicted molar refractivity (Wildman–Crippen MR) is 109 cm³/mol. The van der Waals surface area contributed by atoms with E-state index in [1.54, 1.807) is 12.0 Å². The molecule has 0 bridgehead atoms. The SMILES string of the molecule is COc1cc(-c2ccc(C(=O)N3CCOCC3)cc2)cc2c1OC(CNC(=O)O)C2. The number of ether oxygens (including phenoxy) is 3. The summed E-state index contributed by atoms with van der Waals surface area (Å²) >= 11 is 0. The van der Waals surface area contributed by atoms with E-state index >= 15 is 0 Å². The topological polar surface area (TPSA) is 97.3 Å². The summed E-state index contributed by atoms with van der Waals surface area (Å²) < 4.78 is 16.7. The van der Waals surface area contributed by atoms with Crippen molar-refractivity contribution in [3.05, 3.63) is 47.5 Å². The summed E-state index contributed by atoms with van der Waals surface area (Å²) in [6, 6.07) is 11.4. The molecule has 2 N–H and O–H groups in total. The molecule has 4 rings (SSSR count). The molecule has 2 aromatic rings. The molecule has 1 atom stereocenters. The van der Waals surface area contributed by atoms with Crippen LogP contribution in [0.3, 0.4) is 0 Å². The second-order valence-corrected chi connectivity index (χ2v) is 7.28. The van der Waals surface area contributed by atoms with Gasteiger partial charge in [0.05, 0.1) is 26.9 Å². The van der Waals surface area contributed by atoms with Gasteiger partial charge in [-0.25, -0.2) is 4.79 Å². The summed E-state index contributed by atoms with van der Waals surface area (Å²) in [6.07, 6.45) is -0.754. The molecule has 158 valence electrons. The van der Waals surface area contributed by atoms with E-state index in [4.69, 9.17) is 19.3 Å². The molecule has 30 heavy (non-hydrogen) atoms. The molecule has 0 saturated carbocycles. The Morgan fingerprint density at radius 3 is 2.57 bits per heavy atom. The average Bonchev–Trinajstić information content (AvgIpc) is 3.20. The van der Waals surface area contributed by atoms with Crippen molar-refractivity contribution in [2.24, 2.45) is 0 Å². The quantitative estimate of drug-likeness (QED) is 0.783. The van der Waals surface area contributed by atoms with Crippen LogP contribution in [-0.2, 0) is 11.2 Å². The van der Waals surface area contributed by atoms with E-state index in [0.717, 1.165) is 16.7 Å². The molecule has 1 unspecified atom stereocenters. The molecule has 2 amide bonds. The molecule has 2 aromatic carbocycles. The van der Waals surface area contributed by atoms with Gasteiger partial charge in [-0.3, -0.25) is 4.79 Å². The highest BCUT2D eigenvalue weighted by atomic mass is 16.5. The highest BCUT2D eigenvalue weighted by Gasteiger charge is 2.27. The van der Waals surface area contributed by atoms with Crippen molar-refractivity contribution in [3.8, 4) is 22.6 Å². The number of hydrogen-bond donors (Lipinski definition) is 2. The fraction of sp³-hybridized carbons (Fsp3) is 0.364. The molecular weight excluding hydrogens is 388 g/mol. The van der Waals surface area contributed by atoms with Gasteiger partial charge in [0.25, 0.3) is 5.91 Å². The molecule has 2 heterocycles. The van der Waals surface area contributed by atoms with Crippen LogP contribution < -0.4 is 14.8 Å². The zero-order valence-electron chi connectivity index (χ0n) is 16.7. The number of methoxy groups -OCH3 is 1. The van der Waals surface area contributed by atoms with Crippen LogP contribution in [-0.4, -0.2) is 68.1 Å². The predicted octanol–water partition coefficient (Wildman–Crippen LogP) is 2.41. The number of nitrogens with one attached hydrogen (secondary N) is 1. The maximum absolute atomic E-state index is 12.6. The summed E-state index contributed by atoms with van der Waals surface area (Å²) in [5.41, 5.74) is 3.53. The number of rotatable bonds is 5. The van der Waals surface area contributed by atoms with Crippen LogP contribution in [0.5, 0.6) is 11.5 Å². The van der Waals surface area contributed by atoms with Crippen molar-refractivity contribution in [1.29, 1.82) is 0 Å². The van der Waals surface area contributed by atoms with Gasteiger partial charge in [0.1, 0.15) is 6.10 Å². The first kappa shape index (κ1) is 20.0. The highest BCUT2D eigenvalue weighted by molar-refractivity contribution is 5.94. The third-order valence-electron chi connectivity index (χ3n) is 5.33. The van der Waals surface area contributed by atoms with Crippen molar-refractivity contribution in [2.75, 3.05) is 40.0 Å². The zero-order valence-corrected chi connectivity index (χ0v) is 16.7. The van der Waals surface area contributed by atoms with Crippen LogP contribution in [0.1, 0.15) is 15.9 Å². The number of carbonyl (C=O) groups excluding carboxylic acids is 1. The number of hydrogen-bond acceptors (Lipinski definition) is 5. The average molecular weight is 412 g/mol. The molecule has 0 radical (unpaired) electrons. The van der Waals surface area contributed by atoms with E-state index in [1.807, 2.05) is 36.4 Å². The molecule has 0 aromatic heterocycles. The van der Waals surface area contributed by atoms with Gasteiger partial charge in [0.15, 0.2) is 11.5 Å². The van der Waals surface area contributed by atoms with Crippen molar-refractivity contribution in [3.63, 3.8) is 0 Å². The molecule has 0 aliphatic carbocycles. The van der Waals surface area contributed by atoms with Gasteiger partial charge in [0.2, 0.25) is 0 Å². The Hall–Kier alpha value is -3.26. The lowest BCUT2D eigenvalue weighted by Crippen LogP contribution is -2.40. The van der Waals surface area contributed by atoms with E-state index in [2.05, 4.69) is 5.32 Å². The molecule has 8 nitrogen and oxygen atoms in total. The molecule has 0 spiro atoms. The largest absolute Gasteiger partial charge is 0.493 e. The van der Waals surface area contributed by atoms with Gasteiger partial charge in [-0.15, -0.1) is 0 Å². The van der Waals surface area contributed by atoms with Crippen LogP contribution in [0.4, 0.5) is 4.79 Å². The van der Waals surface area contributed by atoms with Crippen LogP contribution in [0.2, 0.25) is 0 Å². The van der Waals surface area contributed by atoms with Gasteiger partial charge in [0, 0.05) is 30.6 Å². The molecular formula is C22H24N2O6. The Labute approximate surface area is 174 Å². The number of benzene rings is 2. The standard InChI is InChI=1S/C22H24N2O6/c1-28-19-12-16(10-17-11-18(30-20(17)19)13-23-22(26)27)14-2-4-15(5-3-14)21(25)24-6-8-29-9-7-24/h2-5,10,12,18,23H,6-9,11,13H2,1H3,(H,26,27). The Kier molecular flexibility index (Phi) is 5.76. The van der Waals surface area contributed by atoms with Gasteiger partial charge < -0.3 is 29.5 Å². The van der Waals surface area contributed by atoms with Crippen molar-refractivity contribution in [2.45, 2.75) is 12.5 Å². The Morgan fingerprint density at radius 1 is 1.17 bits per heavy atom. The van der Waals surface area contributed by atoms with Crippen LogP contribution >= 0.6 is 0 Å². The Balaban J connectivity index is 1.53. The first-order valence-electron chi connectivity index (χ1n) is 9.87. The summed E-state index contributed by atoms with van der Waals surface area (Å²) in [4.78, 5) is 25.2. The fourth-order valence-electron chi connectivity index (χ4n) is 3.79. The molecule has 8 heteroatoms. The zero-order chi connectivity index (χ0) is 21.1. The third kappa shape index (κ3) is 4.18. The molecule has 2 aliphatic heterocycles. The second kappa shape index (κ2) is 8.62. The maximum Gasteiger partial charge on any atom is 0.404 e. The minimum Gasteiger partial charge on any atom is -0.493 e. The highest BCUT2D eigenvalue weighted by Crippen LogP contribution is 2.41. The summed E-state index contributed by atoms with van der Waals surface area (Å²) in [5, 5.41) is 11.2. The second-order valence-electron chi connectivity index (χ2n) is 7.28. The number of carboxylic acid groups (broad SMARTS) is 1. The number of carbonyl (C=O) groups is 2. The number of morpholine rings is 1. The maximum atomic E-state index is 12.6. The molecule has 1 fully saturated rings. The minimum atomic E-state index is -1.08. The van der Waals surface area contributed by atoms with Gasteiger partial charge >= 0.3 is 6.09 Å². The summed E-state index contributed by atoms with van der Waals surface area (Å²) in [6.45, 7) is 2.58. The van der Waals surface area contributed by atoms with Crippen LogP contribution in [0.25, 0.3) is 11.1 Å². The molecule has 1 saturated heterocycles. The van der Waals surface area contributed by atoms with E-state index < -0.39 is 6.09 Å². The van der Waals surface area contributed by atoms with E-state index in [-0.39, 0.29) is 18.6 Å². The smallest absolute Gasteiger partial charge is 0.404 e. The lowest BCUT2D eigenvalue weighted by Gasteiger charge is -2.26. The first-order chi connectivity index (χ1) is 14.5. The van der Waals surface area contributed by atoms with Gasteiger partial charge in [-0.2, -0.15) is 0 Å². The Bertz CT molecular complexity index is 937. The minimum absolute atomic E-state index is 0.0126. The molecule has 2 aliphatic rings. The van der Waals surface area contributed by atoms with Gasteiger partial charge in [-0.1, -0.05) is 12.1 Å². The third-order valence-corrected chi connectivity index (χ3v) is 5.33. The fourth-order valence-corrected chi connectivity index (χ4v) is 3.79. The Morgan fingerprint density at radius 2 is 1.90 bits per heavy atom. The van der Waals surface area contributed by atoms with E-state index in [0.29, 0.717) is 49.8 Å². The van der Waals surface area contributed by atoms with E-state index in [9.17, 15) is 9.59 Å². The van der Waals surface area contributed by atoms with Gasteiger partial charge in [-0.05, 0) is 35.4 Å². The van der Waals surface area contributed by atoms with E-state index in [1.165, 1.54) is 0 Å². The first-order valence-corrected chi connectivity index (χ1v) is 9.87. The monoisotopic (exact) mass is 412 g/mol. The van der Waals surface area contributed by atoms with Crippen LogP contribution in [0.15, 0.2) is 36.4 Å². The van der Waals surface area contributed by atoms with Crippen molar-refractivity contribution in [1.82, 2.24) is 10.2 Å². The van der Waals surface area contributed by atoms with Crippen molar-refractivity contribution >= 4 is 12.0 Å². The summed E-state index contributed by atoms with van der Waals surface area (Å²) in [7, 11) is 1.58. The summed E-state index contributed by atoms with van der Waals surface area (Å²) in [5.74, 6) is 1.27. The normalized spacial score (nSPS) is 17.8.